The van der Waals surface area contributed by atoms with E-state index < -0.39 is 70.8 Å². The Morgan fingerprint density at radius 2 is 1.46 bits per heavy atom. The molecule has 11 nitrogen and oxygen atoms in total. The summed E-state index contributed by atoms with van der Waals surface area (Å²) in [6, 6.07) is 0. The molecule has 0 aliphatic carbocycles. The molecule has 1 unspecified atom stereocenters. The van der Waals surface area contributed by atoms with Crippen LogP contribution in [-0.4, -0.2) is 74.3 Å². The summed E-state index contributed by atoms with van der Waals surface area (Å²) < 4.78 is 83.5. The van der Waals surface area contributed by atoms with Crippen molar-refractivity contribution >= 4 is 28.0 Å². The fourth-order valence-corrected chi connectivity index (χ4v) is 2.80. The molecule has 162 valence electrons. The quantitative estimate of drug-likeness (QED) is 0.244. The number of alkyl halides is 3. The van der Waals surface area contributed by atoms with E-state index in [9.17, 15) is 41.1 Å². The molecule has 0 aromatic rings. The van der Waals surface area contributed by atoms with Gasteiger partial charge < -0.3 is 24.1 Å². The molecule has 28 heavy (non-hydrogen) atoms. The van der Waals surface area contributed by atoms with Gasteiger partial charge in [0, 0.05) is 20.8 Å². The molecule has 1 heterocycles. The van der Waals surface area contributed by atoms with Gasteiger partial charge in [-0.15, -0.1) is 0 Å². The third-order valence-electron chi connectivity index (χ3n) is 3.19. The molecule has 0 spiro atoms. The highest BCUT2D eigenvalue weighted by Gasteiger charge is 2.56. The summed E-state index contributed by atoms with van der Waals surface area (Å²) in [6.07, 6.45) is -10.1. The second-order valence-corrected chi connectivity index (χ2v) is 7.04. The number of aliphatic hydroxyl groups is 1. The van der Waals surface area contributed by atoms with Crippen LogP contribution in [-0.2, 0) is 47.6 Å². The zero-order chi connectivity index (χ0) is 21.9. The predicted octanol–water partition coefficient (Wildman–Crippen LogP) is -0.635. The number of esters is 3. The van der Waals surface area contributed by atoms with Gasteiger partial charge in [-0.2, -0.15) is 21.6 Å². The van der Waals surface area contributed by atoms with E-state index >= 15 is 0 Å². The summed E-state index contributed by atoms with van der Waals surface area (Å²) in [5.41, 5.74) is -5.86. The number of rotatable bonds is 6. The van der Waals surface area contributed by atoms with E-state index in [1.54, 1.807) is 0 Å². The second kappa shape index (κ2) is 9.02. The molecule has 0 saturated carbocycles. The van der Waals surface area contributed by atoms with E-state index in [2.05, 4.69) is 8.92 Å². The van der Waals surface area contributed by atoms with Crippen LogP contribution in [0.3, 0.4) is 0 Å². The Bertz CT molecular complexity index is 705. The van der Waals surface area contributed by atoms with E-state index in [1.807, 2.05) is 0 Å². The van der Waals surface area contributed by atoms with Crippen LogP contribution in [0.15, 0.2) is 0 Å². The highest BCUT2D eigenvalue weighted by atomic mass is 32.2. The van der Waals surface area contributed by atoms with E-state index in [-0.39, 0.29) is 0 Å². The molecule has 1 fully saturated rings. The Kier molecular flexibility index (Phi) is 7.75. The van der Waals surface area contributed by atoms with Gasteiger partial charge in [-0.1, -0.05) is 0 Å². The zero-order valence-corrected chi connectivity index (χ0v) is 15.5. The first-order chi connectivity index (χ1) is 12.7. The summed E-state index contributed by atoms with van der Waals surface area (Å²) in [4.78, 5) is 33.6. The maximum atomic E-state index is 12.6. The van der Waals surface area contributed by atoms with Gasteiger partial charge in [-0.25, -0.2) is 0 Å². The molecular weight excluding hydrogens is 421 g/mol. The highest BCUT2D eigenvalue weighted by Crippen LogP contribution is 2.33. The van der Waals surface area contributed by atoms with Crippen LogP contribution in [0.5, 0.6) is 0 Å². The number of hydrogen-bond donors (Lipinski definition) is 1. The first kappa shape index (κ1) is 24.1. The lowest BCUT2D eigenvalue weighted by Crippen LogP contribution is -2.62. The lowest BCUT2D eigenvalue weighted by atomic mass is 9.98. The van der Waals surface area contributed by atoms with Crippen molar-refractivity contribution < 1.29 is 64.2 Å². The van der Waals surface area contributed by atoms with Gasteiger partial charge in [-0.3, -0.25) is 18.6 Å². The van der Waals surface area contributed by atoms with E-state index in [4.69, 9.17) is 14.2 Å². The SMILES string of the molecule is CC(=O)OCC1O[C@@H](O)[C@H](OS(=O)(=O)C(F)(F)F)[C@H](OC(C)=O)[C@@H]1OC(C)=O. The van der Waals surface area contributed by atoms with Gasteiger partial charge in [0.1, 0.15) is 12.7 Å². The van der Waals surface area contributed by atoms with Crippen molar-refractivity contribution in [1.82, 2.24) is 0 Å². The third kappa shape index (κ3) is 6.29. The normalized spacial score (nSPS) is 28.3. The van der Waals surface area contributed by atoms with Gasteiger partial charge in [0.2, 0.25) is 0 Å². The number of carbonyl (C=O) groups is 3. The maximum absolute atomic E-state index is 12.6. The van der Waals surface area contributed by atoms with Crippen LogP contribution in [0, 0.1) is 0 Å². The van der Waals surface area contributed by atoms with Crippen LogP contribution < -0.4 is 0 Å². The maximum Gasteiger partial charge on any atom is 0.523 e. The summed E-state index contributed by atoms with van der Waals surface area (Å²) in [6.45, 7) is 2.05. The lowest BCUT2D eigenvalue weighted by Gasteiger charge is -2.42. The van der Waals surface area contributed by atoms with E-state index in [0.717, 1.165) is 20.8 Å². The van der Waals surface area contributed by atoms with Crippen molar-refractivity contribution in [3.05, 3.63) is 0 Å². The van der Waals surface area contributed by atoms with E-state index in [1.165, 1.54) is 0 Å². The summed E-state index contributed by atoms with van der Waals surface area (Å²) in [5.74, 6) is -2.96. The van der Waals surface area contributed by atoms with Crippen LogP contribution >= 0.6 is 0 Å². The highest BCUT2D eigenvalue weighted by molar-refractivity contribution is 7.87. The first-order valence-corrected chi connectivity index (χ1v) is 8.87. The minimum absolute atomic E-state index is 0.666. The standard InChI is InChI=1S/C13H17F3O11S/c1-5(17)23-4-8-9(24-6(2)18)10(25-7(3)19)11(12(20)26-8)27-28(21,22)13(14,15)16/h8-12,20H,4H2,1-3H3/t8?,9-,10-,11-,12-/m1/s1. The topological polar surface area (TPSA) is 152 Å². The molecule has 0 aromatic heterocycles. The molecule has 0 aromatic carbocycles. The number of ether oxygens (including phenoxy) is 4. The number of hydrogen-bond acceptors (Lipinski definition) is 11. The molecule has 15 heteroatoms. The molecule has 0 amide bonds. The van der Waals surface area contributed by atoms with E-state index in [0.29, 0.717) is 0 Å². The molecule has 5 atom stereocenters. The Morgan fingerprint density at radius 1 is 0.964 bits per heavy atom. The molecule has 1 saturated heterocycles. The van der Waals surface area contributed by atoms with Crippen molar-refractivity contribution in [2.75, 3.05) is 6.61 Å². The van der Waals surface area contributed by atoms with Crippen molar-refractivity contribution in [2.45, 2.75) is 57.0 Å². The summed E-state index contributed by atoms with van der Waals surface area (Å²) in [5, 5.41) is 9.92. The second-order valence-electron chi connectivity index (χ2n) is 5.48. The van der Waals surface area contributed by atoms with Crippen LogP contribution in [0.4, 0.5) is 13.2 Å². The lowest BCUT2D eigenvalue weighted by molar-refractivity contribution is -0.288. The average molecular weight is 438 g/mol. The Labute approximate surface area is 156 Å². The van der Waals surface area contributed by atoms with Crippen LogP contribution in [0.1, 0.15) is 20.8 Å². The monoisotopic (exact) mass is 438 g/mol. The van der Waals surface area contributed by atoms with Gasteiger partial charge >= 0.3 is 33.5 Å². The first-order valence-electron chi connectivity index (χ1n) is 7.46. The minimum Gasteiger partial charge on any atom is -0.463 e. The number of carbonyl (C=O) groups excluding carboxylic acids is 3. The van der Waals surface area contributed by atoms with Crippen LogP contribution in [0.2, 0.25) is 0 Å². The number of aliphatic hydroxyl groups excluding tert-OH is 1. The Hall–Kier alpha value is -1.97. The molecule has 0 radical (unpaired) electrons. The Balaban J connectivity index is 3.29. The fourth-order valence-electron chi connectivity index (χ4n) is 2.19. The molecule has 1 aliphatic rings. The fraction of sp³-hybridized carbons (Fsp3) is 0.769. The molecule has 1 rings (SSSR count). The summed E-state index contributed by atoms with van der Waals surface area (Å²) >= 11 is 0. The average Bonchev–Trinajstić information content (AvgIpc) is 2.49. The molecular formula is C13H17F3O11S. The van der Waals surface area contributed by atoms with Gasteiger partial charge in [0.15, 0.2) is 24.6 Å². The van der Waals surface area contributed by atoms with Gasteiger partial charge in [0.25, 0.3) is 0 Å². The van der Waals surface area contributed by atoms with Crippen molar-refractivity contribution in [2.24, 2.45) is 0 Å². The van der Waals surface area contributed by atoms with Crippen molar-refractivity contribution in [3.63, 3.8) is 0 Å². The zero-order valence-electron chi connectivity index (χ0n) is 14.7. The van der Waals surface area contributed by atoms with Gasteiger partial charge in [0.05, 0.1) is 0 Å². The van der Waals surface area contributed by atoms with Crippen molar-refractivity contribution in [3.8, 4) is 0 Å². The van der Waals surface area contributed by atoms with Crippen LogP contribution in [0.25, 0.3) is 0 Å². The minimum atomic E-state index is -6.25. The molecule has 0 bridgehead atoms. The number of halogens is 3. The smallest absolute Gasteiger partial charge is 0.463 e. The Morgan fingerprint density at radius 3 is 1.89 bits per heavy atom. The molecule has 1 N–H and O–H groups in total. The third-order valence-corrected chi connectivity index (χ3v) is 4.23. The molecule has 1 aliphatic heterocycles. The predicted molar refractivity (Wildman–Crippen MR) is 78.5 cm³/mol. The summed E-state index contributed by atoms with van der Waals surface area (Å²) in [7, 11) is -6.25. The largest absolute Gasteiger partial charge is 0.523 e. The van der Waals surface area contributed by atoms with Crippen molar-refractivity contribution in [1.29, 1.82) is 0 Å². The van der Waals surface area contributed by atoms with Gasteiger partial charge in [-0.05, 0) is 0 Å².